The zero-order valence-corrected chi connectivity index (χ0v) is 74.5. The normalized spacial score (nSPS) is 22.8. The van der Waals surface area contributed by atoms with Gasteiger partial charge in [-0.05, 0) is 347 Å². The Balaban J connectivity index is 0.000000139. The molecule has 0 aliphatic heterocycles. The van der Waals surface area contributed by atoms with E-state index in [1.165, 1.54) is 106 Å². The number of halogens is 6. The molecule has 6 aliphatic rings. The third-order valence-corrected chi connectivity index (χ3v) is 29.0. The number of anilines is 9. The molecule has 0 heterocycles. The lowest BCUT2D eigenvalue weighted by atomic mass is 9.52. The molecule has 15 aromatic rings. The lowest BCUT2D eigenvalue weighted by molar-refractivity contribution is 0.125. The van der Waals surface area contributed by atoms with E-state index in [1.54, 1.807) is 40.5 Å². The van der Waals surface area contributed by atoms with E-state index < -0.39 is 68.5 Å². The molecule has 9 heteroatoms. The Morgan fingerprint density at radius 3 is 0.778 bits per heavy atom. The minimum Gasteiger partial charge on any atom is -0.310 e. The lowest BCUT2D eigenvalue weighted by Gasteiger charge is -2.52. The largest absolute Gasteiger partial charge is 0.310 e. The Labute approximate surface area is 767 Å². The Morgan fingerprint density at radius 2 is 0.479 bits per heavy atom. The molecule has 2 saturated carbocycles. The molecule has 584 valence electrons. The van der Waals surface area contributed by atoms with Crippen molar-refractivity contribution in [1.82, 2.24) is 0 Å². The highest BCUT2D eigenvalue weighted by Crippen LogP contribution is 2.64. The minimum atomic E-state index is -4.49. The van der Waals surface area contributed by atoms with Gasteiger partial charge in [-0.15, -0.1) is 0 Å². The maximum Gasteiger partial charge on any atom is 0.0546 e. The van der Waals surface area contributed by atoms with Crippen LogP contribution < -0.4 is 14.7 Å². The summed E-state index contributed by atoms with van der Waals surface area (Å²) < 4.78 is 165. The molecule has 0 amide bonds. The molecule has 0 saturated heterocycles. The molecular formula is C108H95Br6N3. The summed E-state index contributed by atoms with van der Waals surface area (Å²) in [5.41, 5.74) is 6.73. The zero-order valence-electron chi connectivity index (χ0n) is 83.0. The SMILES string of the molecule is CC12CCC(C)(C1)c1cc(-c3cc4ccccc4cc3N(c3ccc(Br)cc3)c3ccc(Br)cc3)ccc12.CC12CCC(C)(CC1)c1cc(-c3cc4ccccc4cc3N(c3ccc(Br)cc3)c3ccc(Br)cc3)ccc12.[2H]C([2H])([2H])C1(C([2H])([2H])[2H])c2ccc(-c3cc4ccccc4cc3N(c3ccc(Br)cc3)c3ccc(Br)cc3)cc2C(C([2H])([2H])[2H])(C([2H])([2H])[2H])C1(C([2H])([2H])[2H])C([2H])([2H])[2H]. The molecule has 2 fully saturated rings. The van der Waals surface area contributed by atoms with Crippen molar-refractivity contribution >= 4 is 179 Å². The summed E-state index contributed by atoms with van der Waals surface area (Å²) in [6.45, 7) is -15.4. The monoisotopic (exact) mass is 1930 g/mol. The maximum absolute atomic E-state index is 8.91. The topological polar surface area (TPSA) is 9.72 Å². The van der Waals surface area contributed by atoms with Crippen molar-refractivity contribution < 1.29 is 24.7 Å². The average Bonchev–Trinajstić information content (AvgIpc) is 1.44. The van der Waals surface area contributed by atoms with Crippen molar-refractivity contribution in [2.45, 2.75) is 146 Å². The van der Waals surface area contributed by atoms with Crippen LogP contribution in [0.4, 0.5) is 51.2 Å². The fourth-order valence-corrected chi connectivity index (χ4v) is 20.8. The Kier molecular flexibility index (Phi) is 15.9. The van der Waals surface area contributed by atoms with E-state index in [4.69, 9.17) is 24.7 Å². The molecule has 4 bridgehead atoms. The summed E-state index contributed by atoms with van der Waals surface area (Å²) in [7, 11) is 0. The molecular weight excluding hydrogens is 1820 g/mol. The van der Waals surface area contributed by atoms with Crippen LogP contribution in [0.15, 0.2) is 336 Å². The molecule has 2 atom stereocenters. The molecule has 0 N–H and O–H groups in total. The van der Waals surface area contributed by atoms with Crippen LogP contribution in [0.5, 0.6) is 0 Å². The summed E-state index contributed by atoms with van der Waals surface area (Å²) in [6, 6.07) is 105. The summed E-state index contributed by atoms with van der Waals surface area (Å²) in [4.78, 5) is 6.65. The van der Waals surface area contributed by atoms with Crippen LogP contribution in [-0.4, -0.2) is 0 Å². The fraction of sp³-hybridized carbons (Fsp3) is 0.222. The number of benzene rings is 15. The van der Waals surface area contributed by atoms with Crippen molar-refractivity contribution in [2.75, 3.05) is 14.7 Å². The Morgan fingerprint density at radius 1 is 0.239 bits per heavy atom. The van der Waals surface area contributed by atoms with Crippen LogP contribution in [0.25, 0.3) is 65.7 Å². The number of hydrogen-bond acceptors (Lipinski definition) is 3. The van der Waals surface area contributed by atoms with Gasteiger partial charge in [0.1, 0.15) is 0 Å². The van der Waals surface area contributed by atoms with Gasteiger partial charge in [0.15, 0.2) is 0 Å². The summed E-state index contributed by atoms with van der Waals surface area (Å²) in [5, 5.41) is 6.41. The van der Waals surface area contributed by atoms with Gasteiger partial charge >= 0.3 is 0 Å². The molecule has 0 radical (unpaired) electrons. The molecule has 2 unspecified atom stereocenters. The molecule has 117 heavy (non-hydrogen) atoms. The van der Waals surface area contributed by atoms with E-state index in [2.05, 4.69) is 339 Å². The predicted molar refractivity (Wildman–Crippen MR) is 520 cm³/mol. The van der Waals surface area contributed by atoms with Crippen molar-refractivity contribution in [2.24, 2.45) is 5.41 Å². The minimum absolute atomic E-state index is 0.0217. The fourth-order valence-electron chi connectivity index (χ4n) is 19.2. The third kappa shape index (κ3) is 14.3. The quantitative estimate of drug-likeness (QED) is 0.121. The smallest absolute Gasteiger partial charge is 0.0546 e. The molecule has 0 spiro atoms. The van der Waals surface area contributed by atoms with Gasteiger partial charge in [0.2, 0.25) is 0 Å². The Bertz CT molecular complexity index is 6910. The van der Waals surface area contributed by atoms with Gasteiger partial charge in [0.25, 0.3) is 0 Å². The van der Waals surface area contributed by atoms with Crippen LogP contribution in [0.1, 0.15) is 172 Å². The van der Waals surface area contributed by atoms with E-state index in [-0.39, 0.29) is 16.4 Å². The second-order valence-corrected chi connectivity index (χ2v) is 39.0. The number of nitrogens with zero attached hydrogens (tertiary/aromatic N) is 3. The summed E-state index contributed by atoms with van der Waals surface area (Å²) in [5.74, 6) is 0. The molecule has 21 rings (SSSR count). The first-order valence-electron chi connectivity index (χ1n) is 48.6. The average molecular weight is 1930 g/mol. The lowest BCUT2D eigenvalue weighted by Crippen LogP contribution is -2.44. The van der Waals surface area contributed by atoms with Crippen LogP contribution in [0.3, 0.4) is 0 Å². The highest BCUT2D eigenvalue weighted by Gasteiger charge is 2.57. The van der Waals surface area contributed by atoms with Gasteiger partial charge in [-0.3, -0.25) is 0 Å². The standard InChI is InChI=1S/C37H35Br2N.C36H31Br2N.C35H29Br2N/c1-35(2)32-20-11-26(22-33(32)36(3,4)37(35,5)6)31-21-24-9-7-8-10-25(24)23-34(31)40(29-16-12-27(38)13-17-29)30-18-14-28(39)15-19-30;1-35-17-19-36(2,20-18-35)33-22-26(7-16-32(33)35)31-21-24-5-3-4-6-25(24)23-34(31)39(29-12-8-27(37)9-13-29)30-14-10-28(38)11-15-30;1-34-17-18-35(2,22-34)32-20-25(7-16-31(32)34)30-19-23-5-3-4-6-24(23)21-33(30)38(28-12-8-26(36)9-13-28)29-14-10-27(37)11-15-29/h7-23H,1-6H3;3-16,21-23H,17-20H2,1-2H3;3-16,19-21H,17-18,22H2,1-2H3/i1D3,2D3,3D3,4D3,5D3,6D3;;. The van der Waals surface area contributed by atoms with E-state index in [9.17, 15) is 0 Å². The molecule has 6 aliphatic carbocycles. The van der Waals surface area contributed by atoms with Crippen molar-refractivity contribution in [1.29, 1.82) is 0 Å². The zero-order chi connectivity index (χ0) is 96.3. The van der Waals surface area contributed by atoms with Gasteiger partial charge in [-0.2, -0.15) is 0 Å². The van der Waals surface area contributed by atoms with Crippen LogP contribution >= 0.6 is 95.6 Å². The van der Waals surface area contributed by atoms with E-state index in [1.807, 2.05) is 71.6 Å². The number of rotatable bonds is 12. The molecule has 15 aromatic carbocycles. The second-order valence-electron chi connectivity index (χ2n) is 33.5. The highest BCUT2D eigenvalue weighted by molar-refractivity contribution is 9.11. The summed E-state index contributed by atoms with van der Waals surface area (Å²) in [6.07, 6.45) is 9.04. The van der Waals surface area contributed by atoms with Gasteiger partial charge < -0.3 is 14.7 Å². The molecule has 3 nitrogen and oxygen atoms in total. The second kappa shape index (κ2) is 30.6. The van der Waals surface area contributed by atoms with E-state index >= 15 is 0 Å². The van der Waals surface area contributed by atoms with Crippen molar-refractivity contribution in [3.8, 4) is 33.4 Å². The number of fused-ring (bicyclic) bond motifs is 11. The Hall–Kier alpha value is -8.64. The number of hydrogen-bond donors (Lipinski definition) is 0. The maximum atomic E-state index is 8.91. The highest BCUT2D eigenvalue weighted by atomic mass is 79.9. The van der Waals surface area contributed by atoms with Gasteiger partial charge in [-0.1, -0.05) is 292 Å². The van der Waals surface area contributed by atoms with Crippen LogP contribution in [0.2, 0.25) is 0 Å². The van der Waals surface area contributed by atoms with Crippen LogP contribution in [-0.2, 0) is 32.5 Å². The van der Waals surface area contributed by atoms with Crippen molar-refractivity contribution in [3.05, 3.63) is 370 Å². The predicted octanol–water partition coefficient (Wildman–Crippen LogP) is 34.9. The first kappa shape index (κ1) is 60.8. The summed E-state index contributed by atoms with van der Waals surface area (Å²) >= 11 is 21.5. The van der Waals surface area contributed by atoms with Gasteiger partial charge in [0, 0.05) is 102 Å². The van der Waals surface area contributed by atoms with Crippen molar-refractivity contribution in [3.63, 3.8) is 0 Å². The van der Waals surface area contributed by atoms with Gasteiger partial charge in [0.05, 0.1) is 17.1 Å². The third-order valence-electron chi connectivity index (χ3n) is 25.8. The molecule has 0 aromatic heterocycles. The first-order valence-corrected chi connectivity index (χ1v) is 44.3. The first-order chi connectivity index (χ1) is 63.6. The van der Waals surface area contributed by atoms with E-state index in [0.717, 1.165) is 67.1 Å². The van der Waals surface area contributed by atoms with E-state index in [0.29, 0.717) is 38.8 Å². The van der Waals surface area contributed by atoms with Gasteiger partial charge in [-0.25, -0.2) is 0 Å². The van der Waals surface area contributed by atoms with Crippen LogP contribution in [0, 0.1) is 5.41 Å².